The lowest BCUT2D eigenvalue weighted by Gasteiger charge is -1.99. The van der Waals surface area contributed by atoms with Gasteiger partial charge in [0.25, 0.3) is 0 Å². The summed E-state index contributed by atoms with van der Waals surface area (Å²) >= 11 is 2.48. The lowest BCUT2D eigenvalue weighted by atomic mass is 10.2. The van der Waals surface area contributed by atoms with Crippen molar-refractivity contribution in [1.82, 2.24) is 0 Å². The van der Waals surface area contributed by atoms with Crippen LogP contribution >= 0.6 is 31.8 Å². The molecule has 0 saturated carbocycles. The highest BCUT2D eigenvalue weighted by Gasteiger charge is 1.92. The number of halogens is 1. The molecule has 0 amide bonds. The van der Waals surface area contributed by atoms with Crippen molar-refractivity contribution in [3.8, 4) is 0 Å². The second-order valence-corrected chi connectivity index (χ2v) is 4.77. The maximum Gasteiger partial charge on any atom is 0.00813 e. The van der Waals surface area contributed by atoms with Crippen LogP contribution in [0.2, 0.25) is 0 Å². The molecule has 0 aromatic heterocycles. The fraction of sp³-hybridized carbons (Fsp3) is 1.00. The van der Waals surface area contributed by atoms with Crippen LogP contribution in [0.1, 0.15) is 26.2 Å². The van der Waals surface area contributed by atoms with Crippen LogP contribution in [0.25, 0.3) is 0 Å². The summed E-state index contributed by atoms with van der Waals surface area (Å²) in [6, 6.07) is 0. The fourth-order valence-electron chi connectivity index (χ4n) is 0.570. The zero-order valence-electron chi connectivity index (χ0n) is 5.36. The standard InChI is InChI=1S/C6H14IP/c1-6(7)4-2-3-5-8/h6H,2-5,8H2,1H3. The summed E-state index contributed by atoms with van der Waals surface area (Å²) in [5.41, 5.74) is 0. The van der Waals surface area contributed by atoms with Gasteiger partial charge in [-0.3, -0.25) is 0 Å². The summed E-state index contributed by atoms with van der Waals surface area (Å²) in [6.07, 6.45) is 5.42. The van der Waals surface area contributed by atoms with Gasteiger partial charge in [0.2, 0.25) is 0 Å². The molecule has 50 valence electrons. The zero-order chi connectivity index (χ0) is 6.41. The SMILES string of the molecule is CC(I)CCCCP. The highest BCUT2D eigenvalue weighted by atomic mass is 127. The Labute approximate surface area is 68.2 Å². The molecule has 2 atom stereocenters. The molecule has 0 spiro atoms. The Kier molecular flexibility index (Phi) is 7.19. The molecule has 0 aliphatic heterocycles. The van der Waals surface area contributed by atoms with Gasteiger partial charge in [-0.1, -0.05) is 35.9 Å². The van der Waals surface area contributed by atoms with E-state index in [1.807, 2.05) is 0 Å². The summed E-state index contributed by atoms with van der Waals surface area (Å²) in [6.45, 7) is 2.27. The van der Waals surface area contributed by atoms with Gasteiger partial charge in [0.1, 0.15) is 0 Å². The Morgan fingerprint density at radius 1 is 1.50 bits per heavy atom. The molecule has 0 aromatic carbocycles. The fourth-order valence-corrected chi connectivity index (χ4v) is 1.30. The molecule has 0 nitrogen and oxygen atoms in total. The lowest BCUT2D eigenvalue weighted by molar-refractivity contribution is 0.731. The van der Waals surface area contributed by atoms with Crippen LogP contribution in [0.5, 0.6) is 0 Å². The number of rotatable bonds is 4. The first-order valence-corrected chi connectivity index (χ1v) is 5.17. The average Bonchev–Trinajstić information content (AvgIpc) is 1.66. The van der Waals surface area contributed by atoms with Gasteiger partial charge in [0.05, 0.1) is 0 Å². The predicted octanol–water partition coefficient (Wildman–Crippen LogP) is 2.86. The van der Waals surface area contributed by atoms with E-state index in [0.29, 0.717) is 0 Å². The number of alkyl halides is 1. The molecule has 2 unspecified atom stereocenters. The summed E-state index contributed by atoms with van der Waals surface area (Å²) in [4.78, 5) is 0. The molecular weight excluding hydrogens is 230 g/mol. The molecule has 8 heavy (non-hydrogen) atoms. The maximum atomic E-state index is 2.76. The van der Waals surface area contributed by atoms with Crippen LogP contribution < -0.4 is 0 Å². The van der Waals surface area contributed by atoms with E-state index in [-0.39, 0.29) is 0 Å². The van der Waals surface area contributed by atoms with Crippen molar-refractivity contribution in [2.24, 2.45) is 0 Å². The van der Waals surface area contributed by atoms with Crippen molar-refractivity contribution in [1.29, 1.82) is 0 Å². The van der Waals surface area contributed by atoms with Gasteiger partial charge in [-0.15, -0.1) is 9.24 Å². The molecule has 0 N–H and O–H groups in total. The van der Waals surface area contributed by atoms with Crippen LogP contribution in [-0.2, 0) is 0 Å². The number of hydrogen-bond donors (Lipinski definition) is 0. The van der Waals surface area contributed by atoms with E-state index in [9.17, 15) is 0 Å². The molecule has 0 heterocycles. The minimum absolute atomic E-state index is 0.865. The molecule has 0 aliphatic carbocycles. The van der Waals surface area contributed by atoms with Crippen molar-refractivity contribution < 1.29 is 0 Å². The highest BCUT2D eigenvalue weighted by molar-refractivity contribution is 14.1. The van der Waals surface area contributed by atoms with Crippen LogP contribution in [0.3, 0.4) is 0 Å². The average molecular weight is 244 g/mol. The van der Waals surface area contributed by atoms with Gasteiger partial charge in [0, 0.05) is 3.92 Å². The first-order valence-electron chi connectivity index (χ1n) is 3.11. The third-order valence-electron chi connectivity index (χ3n) is 1.06. The molecule has 0 radical (unpaired) electrons. The Hall–Kier alpha value is 1.16. The monoisotopic (exact) mass is 244 g/mol. The minimum Gasteiger partial charge on any atom is -0.138 e. The highest BCUT2D eigenvalue weighted by Crippen LogP contribution is 2.09. The summed E-state index contributed by atoms with van der Waals surface area (Å²) in [5.74, 6) is 0. The molecule has 0 fully saturated rings. The second kappa shape index (κ2) is 6.28. The molecule has 0 aliphatic rings. The topological polar surface area (TPSA) is 0 Å². The summed E-state index contributed by atoms with van der Waals surface area (Å²) < 4.78 is 0.865. The smallest absolute Gasteiger partial charge is 0.00813 e. The molecule has 0 rings (SSSR count). The van der Waals surface area contributed by atoms with E-state index in [0.717, 1.165) is 3.92 Å². The lowest BCUT2D eigenvalue weighted by Crippen LogP contribution is -1.88. The van der Waals surface area contributed by atoms with Crippen LogP contribution in [0.4, 0.5) is 0 Å². The minimum atomic E-state index is 0.865. The third kappa shape index (κ3) is 7.16. The van der Waals surface area contributed by atoms with Gasteiger partial charge in [-0.2, -0.15) is 0 Å². The Morgan fingerprint density at radius 2 is 2.12 bits per heavy atom. The van der Waals surface area contributed by atoms with E-state index in [2.05, 4.69) is 38.8 Å². The van der Waals surface area contributed by atoms with Crippen molar-refractivity contribution in [2.75, 3.05) is 6.16 Å². The van der Waals surface area contributed by atoms with Crippen LogP contribution in [0.15, 0.2) is 0 Å². The molecule has 0 bridgehead atoms. The predicted molar refractivity (Wildman–Crippen MR) is 51.9 cm³/mol. The van der Waals surface area contributed by atoms with E-state index in [4.69, 9.17) is 0 Å². The first-order chi connectivity index (χ1) is 3.77. The maximum absolute atomic E-state index is 2.76. The van der Waals surface area contributed by atoms with Gasteiger partial charge in [-0.05, 0) is 19.0 Å². The second-order valence-electron chi connectivity index (χ2n) is 2.07. The summed E-state index contributed by atoms with van der Waals surface area (Å²) in [5, 5.41) is 0. The van der Waals surface area contributed by atoms with Crippen LogP contribution in [-0.4, -0.2) is 10.1 Å². The quantitative estimate of drug-likeness (QED) is 0.308. The Morgan fingerprint density at radius 3 is 2.50 bits per heavy atom. The zero-order valence-corrected chi connectivity index (χ0v) is 8.67. The van der Waals surface area contributed by atoms with Gasteiger partial charge < -0.3 is 0 Å². The first kappa shape index (κ1) is 9.16. The van der Waals surface area contributed by atoms with Gasteiger partial charge >= 0.3 is 0 Å². The van der Waals surface area contributed by atoms with Crippen molar-refractivity contribution in [2.45, 2.75) is 30.1 Å². The van der Waals surface area contributed by atoms with E-state index in [1.54, 1.807) is 0 Å². The number of unbranched alkanes of at least 4 members (excludes halogenated alkanes) is 1. The van der Waals surface area contributed by atoms with Crippen molar-refractivity contribution in [3.05, 3.63) is 0 Å². The van der Waals surface area contributed by atoms with E-state index >= 15 is 0 Å². The molecular formula is C6H14IP. The molecule has 0 saturated heterocycles. The van der Waals surface area contributed by atoms with E-state index < -0.39 is 0 Å². The third-order valence-corrected chi connectivity index (χ3v) is 2.09. The Bertz CT molecular complexity index is 45.8. The van der Waals surface area contributed by atoms with Gasteiger partial charge in [0.15, 0.2) is 0 Å². The molecule has 2 heteroatoms. The largest absolute Gasteiger partial charge is 0.138 e. The Balaban J connectivity index is 2.72. The van der Waals surface area contributed by atoms with E-state index in [1.165, 1.54) is 25.4 Å². The summed E-state index contributed by atoms with van der Waals surface area (Å²) in [7, 11) is 2.76. The molecule has 0 aromatic rings. The van der Waals surface area contributed by atoms with Crippen molar-refractivity contribution in [3.63, 3.8) is 0 Å². The number of hydrogen-bond acceptors (Lipinski definition) is 0. The van der Waals surface area contributed by atoms with Gasteiger partial charge in [-0.25, -0.2) is 0 Å². The normalized spacial score (nSPS) is 13.9. The van der Waals surface area contributed by atoms with Crippen molar-refractivity contribution >= 4 is 31.8 Å². The van der Waals surface area contributed by atoms with Crippen LogP contribution in [0, 0.1) is 0 Å².